The van der Waals surface area contributed by atoms with Crippen LogP contribution in [0.15, 0.2) is 11.6 Å². The molecule has 0 aliphatic heterocycles. The molecule has 25 heavy (non-hydrogen) atoms. The smallest absolute Gasteiger partial charge is 0.155 e. The Morgan fingerprint density at radius 2 is 1.92 bits per heavy atom. The van der Waals surface area contributed by atoms with Crippen molar-refractivity contribution in [2.45, 2.75) is 65.4 Å². The van der Waals surface area contributed by atoms with Crippen molar-refractivity contribution < 1.29 is 19.5 Å². The molecule has 4 rings (SSSR count). The van der Waals surface area contributed by atoms with Gasteiger partial charge in [-0.25, -0.2) is 0 Å². The van der Waals surface area contributed by atoms with Crippen LogP contribution in [0.1, 0.15) is 59.3 Å². The fourth-order valence-corrected chi connectivity index (χ4v) is 6.91. The molecule has 4 aliphatic carbocycles. The van der Waals surface area contributed by atoms with Crippen molar-refractivity contribution in [1.82, 2.24) is 0 Å². The molecule has 0 bridgehead atoms. The van der Waals surface area contributed by atoms with Crippen molar-refractivity contribution in [2.75, 3.05) is 0 Å². The average Bonchev–Trinajstić information content (AvgIpc) is 2.81. The summed E-state index contributed by atoms with van der Waals surface area (Å²) >= 11 is 0. The highest BCUT2D eigenvalue weighted by molar-refractivity contribution is 5.94. The first-order valence-electron chi connectivity index (χ1n) is 9.63. The number of Topliss-reactive ketones (excluding diaryl/α,β-unsaturated/α-hetero) is 2. The standard InChI is InChI=1S/C21H28O4/c1-11(22)15-10-17(25)19-18-14(5-7-21(15,19)3)20(2)6-4-13(23)8-12(20)9-16(18)24/h8,14-16,18-19,24H,4-7,9-10H2,1-3H3/t14-,15+,16-,18-,19-,20-,21+/m0/s1. The minimum Gasteiger partial charge on any atom is -0.392 e. The van der Waals surface area contributed by atoms with E-state index in [0.29, 0.717) is 19.3 Å². The Hall–Kier alpha value is -1.29. The summed E-state index contributed by atoms with van der Waals surface area (Å²) in [5.41, 5.74) is 0.676. The summed E-state index contributed by atoms with van der Waals surface area (Å²) in [7, 11) is 0. The lowest BCUT2D eigenvalue weighted by Gasteiger charge is -2.58. The first kappa shape index (κ1) is 17.1. The number of rotatable bonds is 1. The second kappa shape index (κ2) is 5.35. The first-order chi connectivity index (χ1) is 11.7. The SMILES string of the molecule is CC(=O)[C@H]1CC(=O)[C@H]2[C@@H]3[C@@H](O)CC4=CC(=O)CC[C@]4(C)[C@H]3CC[C@]12C. The lowest BCUT2D eigenvalue weighted by molar-refractivity contribution is -0.145. The summed E-state index contributed by atoms with van der Waals surface area (Å²) in [6.07, 6.45) is 5.16. The lowest BCUT2D eigenvalue weighted by Crippen LogP contribution is -2.56. The highest BCUT2D eigenvalue weighted by atomic mass is 16.3. The van der Waals surface area contributed by atoms with Crippen molar-refractivity contribution in [2.24, 2.45) is 34.5 Å². The summed E-state index contributed by atoms with van der Waals surface area (Å²) in [4.78, 5) is 37.0. The van der Waals surface area contributed by atoms with E-state index in [0.717, 1.165) is 24.8 Å². The lowest BCUT2D eigenvalue weighted by atomic mass is 9.46. The third kappa shape index (κ3) is 2.19. The zero-order valence-corrected chi connectivity index (χ0v) is 15.4. The van der Waals surface area contributed by atoms with Gasteiger partial charge in [-0.05, 0) is 61.3 Å². The molecule has 7 atom stereocenters. The van der Waals surface area contributed by atoms with Crippen LogP contribution < -0.4 is 0 Å². The minimum atomic E-state index is -0.588. The van der Waals surface area contributed by atoms with E-state index in [2.05, 4.69) is 13.8 Å². The van der Waals surface area contributed by atoms with E-state index in [9.17, 15) is 19.5 Å². The van der Waals surface area contributed by atoms with E-state index in [4.69, 9.17) is 0 Å². The van der Waals surface area contributed by atoms with Gasteiger partial charge in [-0.1, -0.05) is 19.4 Å². The third-order valence-electron chi connectivity index (χ3n) is 8.24. The van der Waals surface area contributed by atoms with Crippen LogP contribution in [0.5, 0.6) is 0 Å². The van der Waals surface area contributed by atoms with Gasteiger partial charge < -0.3 is 5.11 Å². The molecule has 4 nitrogen and oxygen atoms in total. The van der Waals surface area contributed by atoms with Crippen molar-refractivity contribution in [1.29, 1.82) is 0 Å². The normalized spacial score (nSPS) is 49.1. The van der Waals surface area contributed by atoms with Gasteiger partial charge in [-0.3, -0.25) is 14.4 Å². The van der Waals surface area contributed by atoms with Crippen LogP contribution in [-0.2, 0) is 14.4 Å². The average molecular weight is 344 g/mol. The monoisotopic (exact) mass is 344 g/mol. The summed E-state index contributed by atoms with van der Waals surface area (Å²) in [6.45, 7) is 5.92. The maximum Gasteiger partial charge on any atom is 0.155 e. The highest BCUT2D eigenvalue weighted by Gasteiger charge is 2.64. The molecule has 0 heterocycles. The Morgan fingerprint density at radius 1 is 1.20 bits per heavy atom. The van der Waals surface area contributed by atoms with Gasteiger partial charge in [0.25, 0.3) is 0 Å². The number of aliphatic hydroxyl groups is 1. The molecule has 0 radical (unpaired) electrons. The largest absolute Gasteiger partial charge is 0.392 e. The Bertz CT molecular complexity index is 692. The quantitative estimate of drug-likeness (QED) is 0.794. The highest BCUT2D eigenvalue weighted by Crippen LogP contribution is 2.65. The van der Waals surface area contributed by atoms with Crippen LogP contribution in [0.3, 0.4) is 0 Å². The van der Waals surface area contributed by atoms with Gasteiger partial charge in [0.2, 0.25) is 0 Å². The Morgan fingerprint density at radius 3 is 2.60 bits per heavy atom. The fraction of sp³-hybridized carbons (Fsp3) is 0.762. The van der Waals surface area contributed by atoms with Gasteiger partial charge in [0, 0.05) is 24.7 Å². The number of carbonyl (C=O) groups excluding carboxylic acids is 3. The Kier molecular flexibility index (Phi) is 3.67. The van der Waals surface area contributed by atoms with Crippen LogP contribution in [0.4, 0.5) is 0 Å². The van der Waals surface area contributed by atoms with Gasteiger partial charge in [0.15, 0.2) is 5.78 Å². The van der Waals surface area contributed by atoms with E-state index in [1.54, 1.807) is 13.0 Å². The van der Waals surface area contributed by atoms with Gasteiger partial charge >= 0.3 is 0 Å². The molecular weight excluding hydrogens is 316 g/mol. The number of aliphatic hydroxyl groups excluding tert-OH is 1. The number of carbonyl (C=O) groups is 3. The van der Waals surface area contributed by atoms with E-state index < -0.39 is 6.10 Å². The third-order valence-corrected chi connectivity index (χ3v) is 8.24. The van der Waals surface area contributed by atoms with Crippen LogP contribution in [0.25, 0.3) is 0 Å². The molecule has 0 unspecified atom stereocenters. The van der Waals surface area contributed by atoms with Crippen molar-refractivity contribution >= 4 is 17.3 Å². The van der Waals surface area contributed by atoms with Crippen LogP contribution in [0, 0.1) is 34.5 Å². The summed E-state index contributed by atoms with van der Waals surface area (Å²) < 4.78 is 0. The molecule has 0 aromatic carbocycles. The van der Waals surface area contributed by atoms with E-state index in [-0.39, 0.29) is 51.9 Å². The van der Waals surface area contributed by atoms with Gasteiger partial charge in [0.05, 0.1) is 6.10 Å². The zero-order chi connectivity index (χ0) is 18.1. The molecule has 136 valence electrons. The molecule has 0 saturated heterocycles. The Labute approximate surface area is 149 Å². The maximum absolute atomic E-state index is 12.9. The molecule has 0 aromatic rings. The topological polar surface area (TPSA) is 71.4 Å². The molecule has 3 saturated carbocycles. The number of hydrogen-bond donors (Lipinski definition) is 1. The number of fused-ring (bicyclic) bond motifs is 5. The Balaban J connectivity index is 1.77. The molecule has 4 aliphatic rings. The number of ketones is 3. The molecule has 4 heteroatoms. The maximum atomic E-state index is 12.9. The van der Waals surface area contributed by atoms with Gasteiger partial charge in [-0.2, -0.15) is 0 Å². The first-order valence-corrected chi connectivity index (χ1v) is 9.63. The van der Waals surface area contributed by atoms with Crippen LogP contribution >= 0.6 is 0 Å². The minimum absolute atomic E-state index is 0.0778. The van der Waals surface area contributed by atoms with Gasteiger partial charge in [0.1, 0.15) is 11.6 Å². The molecular formula is C21H28O4. The molecule has 3 fully saturated rings. The van der Waals surface area contributed by atoms with Crippen molar-refractivity contribution in [3.8, 4) is 0 Å². The second-order valence-electron chi connectivity index (χ2n) is 9.36. The molecule has 0 amide bonds. The summed E-state index contributed by atoms with van der Waals surface area (Å²) in [6, 6.07) is 0. The molecule has 1 N–H and O–H groups in total. The second-order valence-corrected chi connectivity index (χ2v) is 9.36. The fourth-order valence-electron chi connectivity index (χ4n) is 6.91. The van der Waals surface area contributed by atoms with E-state index >= 15 is 0 Å². The predicted octanol–water partition coefficient (Wildman–Crippen LogP) is 2.87. The number of hydrogen-bond acceptors (Lipinski definition) is 4. The van der Waals surface area contributed by atoms with Crippen LogP contribution in [0.2, 0.25) is 0 Å². The zero-order valence-electron chi connectivity index (χ0n) is 15.4. The molecule has 0 aromatic heterocycles. The van der Waals surface area contributed by atoms with Crippen LogP contribution in [-0.4, -0.2) is 28.6 Å². The molecule has 0 spiro atoms. The van der Waals surface area contributed by atoms with E-state index in [1.165, 1.54) is 0 Å². The van der Waals surface area contributed by atoms with Gasteiger partial charge in [-0.15, -0.1) is 0 Å². The summed E-state index contributed by atoms with van der Waals surface area (Å²) in [5.74, 6) is 0.167. The van der Waals surface area contributed by atoms with Crippen molar-refractivity contribution in [3.05, 3.63) is 11.6 Å². The van der Waals surface area contributed by atoms with E-state index in [1.807, 2.05) is 0 Å². The van der Waals surface area contributed by atoms with Crippen molar-refractivity contribution in [3.63, 3.8) is 0 Å². The summed E-state index contributed by atoms with van der Waals surface area (Å²) in [5, 5.41) is 11.0. The predicted molar refractivity (Wildman–Crippen MR) is 92.7 cm³/mol.